The lowest BCUT2D eigenvalue weighted by atomic mass is 10.0. The summed E-state index contributed by atoms with van der Waals surface area (Å²) < 4.78 is 0. The van der Waals surface area contributed by atoms with Crippen molar-refractivity contribution in [3.8, 4) is 0 Å². The van der Waals surface area contributed by atoms with E-state index >= 15 is 0 Å². The van der Waals surface area contributed by atoms with Gasteiger partial charge in [0.05, 0.1) is 31.7 Å². The fraction of sp³-hybridized carbons (Fsp3) is 0.778. The van der Waals surface area contributed by atoms with Gasteiger partial charge in [0.25, 0.3) is 0 Å². The van der Waals surface area contributed by atoms with Crippen LogP contribution in [0, 0.1) is 11.8 Å². The molecule has 2 unspecified atom stereocenters. The number of rotatable bonds is 4. The van der Waals surface area contributed by atoms with Gasteiger partial charge in [0, 0.05) is 0 Å². The number of hydrogen-bond acceptors (Lipinski definition) is 5. The molecule has 2 atom stereocenters. The lowest BCUT2D eigenvalue weighted by Crippen LogP contribution is -2.60. The van der Waals surface area contributed by atoms with Crippen molar-refractivity contribution in [1.82, 2.24) is 4.90 Å². The number of carbonyl (C=O) groups is 2. The highest BCUT2D eigenvalue weighted by Gasteiger charge is 2.63. The first-order valence-electron chi connectivity index (χ1n) is 4.82. The third-order valence-electron chi connectivity index (χ3n) is 3.22. The van der Waals surface area contributed by atoms with Crippen molar-refractivity contribution >= 4 is 11.8 Å². The molecule has 84 valence electrons. The molecule has 6 heteroatoms. The molecule has 15 heavy (non-hydrogen) atoms. The maximum atomic E-state index is 11.7. The number of carbonyl (C=O) groups excluding carboxylic acids is 2. The lowest BCUT2D eigenvalue weighted by molar-refractivity contribution is -0.156. The van der Waals surface area contributed by atoms with Crippen LogP contribution in [0.3, 0.4) is 0 Å². The summed E-state index contributed by atoms with van der Waals surface area (Å²) in [5, 5.41) is 27.3. The largest absolute Gasteiger partial charge is 0.394 e. The minimum absolute atomic E-state index is 0.290. The predicted octanol–water partition coefficient (Wildman–Crippen LogP) is -2.29. The predicted molar refractivity (Wildman–Crippen MR) is 47.4 cm³/mol. The Balaban J connectivity index is 2.29. The van der Waals surface area contributed by atoms with E-state index < -0.39 is 25.4 Å². The molecule has 1 aliphatic carbocycles. The molecular formula is C9H13NO5. The van der Waals surface area contributed by atoms with E-state index in [0.29, 0.717) is 6.42 Å². The molecule has 6 nitrogen and oxygen atoms in total. The number of aliphatic hydroxyl groups excluding tert-OH is 3. The SMILES string of the molecule is O=C1C2CC2C(=O)N1C(CO)(CO)CO. The van der Waals surface area contributed by atoms with E-state index in [0.717, 1.165) is 4.90 Å². The second-order valence-corrected chi connectivity index (χ2v) is 4.16. The van der Waals surface area contributed by atoms with Crippen LogP contribution in [0.1, 0.15) is 6.42 Å². The monoisotopic (exact) mass is 215 g/mol. The third kappa shape index (κ3) is 1.22. The van der Waals surface area contributed by atoms with Gasteiger partial charge >= 0.3 is 0 Å². The summed E-state index contributed by atoms with van der Waals surface area (Å²) in [6, 6.07) is 0. The molecule has 1 saturated carbocycles. The number of likely N-dealkylation sites (tertiary alicyclic amines) is 1. The van der Waals surface area contributed by atoms with Crippen LogP contribution in [0.2, 0.25) is 0 Å². The number of nitrogens with zero attached hydrogens (tertiary/aromatic N) is 1. The van der Waals surface area contributed by atoms with Crippen molar-refractivity contribution in [2.75, 3.05) is 19.8 Å². The molecule has 0 aromatic heterocycles. The fourth-order valence-corrected chi connectivity index (χ4v) is 2.01. The van der Waals surface area contributed by atoms with Crippen LogP contribution in [0.15, 0.2) is 0 Å². The van der Waals surface area contributed by atoms with Gasteiger partial charge in [-0.15, -0.1) is 0 Å². The zero-order valence-corrected chi connectivity index (χ0v) is 8.09. The molecule has 0 spiro atoms. The molecule has 2 rings (SSSR count). The number of fused-ring (bicyclic) bond motifs is 1. The van der Waals surface area contributed by atoms with E-state index in [2.05, 4.69) is 0 Å². The summed E-state index contributed by atoms with van der Waals surface area (Å²) in [4.78, 5) is 24.1. The molecule has 0 radical (unpaired) electrons. The molecule has 2 amide bonds. The average Bonchev–Trinajstić information content (AvgIpc) is 3.00. The first kappa shape index (κ1) is 10.5. The normalized spacial score (nSPS) is 29.7. The second-order valence-electron chi connectivity index (χ2n) is 4.16. The maximum absolute atomic E-state index is 11.7. The van der Waals surface area contributed by atoms with Gasteiger partial charge in [-0.3, -0.25) is 14.5 Å². The quantitative estimate of drug-likeness (QED) is 0.458. The van der Waals surface area contributed by atoms with Crippen LogP contribution in [0.4, 0.5) is 0 Å². The number of amides is 2. The van der Waals surface area contributed by atoms with Gasteiger partial charge in [-0.05, 0) is 6.42 Å². The average molecular weight is 215 g/mol. The van der Waals surface area contributed by atoms with E-state index in [4.69, 9.17) is 15.3 Å². The molecule has 0 bridgehead atoms. The van der Waals surface area contributed by atoms with Gasteiger partial charge in [-0.1, -0.05) is 0 Å². The molecule has 1 saturated heterocycles. The van der Waals surface area contributed by atoms with Crippen LogP contribution in [-0.4, -0.2) is 57.4 Å². The van der Waals surface area contributed by atoms with Gasteiger partial charge in [0.15, 0.2) is 0 Å². The van der Waals surface area contributed by atoms with Crippen LogP contribution < -0.4 is 0 Å². The second kappa shape index (κ2) is 3.26. The molecular weight excluding hydrogens is 202 g/mol. The Morgan fingerprint density at radius 3 is 1.80 bits per heavy atom. The first-order chi connectivity index (χ1) is 7.11. The number of piperidine rings is 1. The minimum atomic E-state index is -1.54. The van der Waals surface area contributed by atoms with E-state index in [9.17, 15) is 9.59 Å². The topological polar surface area (TPSA) is 98.1 Å². The Morgan fingerprint density at radius 1 is 1.07 bits per heavy atom. The summed E-state index contributed by atoms with van der Waals surface area (Å²) in [5.74, 6) is -1.35. The standard InChI is InChI=1S/C9H13NO5/c11-2-9(3-12,4-13)10-7(14)5-1-6(5)8(10)15/h5-6,11-13H,1-4H2. The molecule has 0 aromatic rings. The van der Waals surface area contributed by atoms with E-state index in [-0.39, 0.29) is 23.7 Å². The van der Waals surface area contributed by atoms with Crippen molar-refractivity contribution in [3.63, 3.8) is 0 Å². The molecule has 1 heterocycles. The summed E-state index contributed by atoms with van der Waals surface area (Å²) in [5.41, 5.74) is -1.54. The summed E-state index contributed by atoms with van der Waals surface area (Å²) >= 11 is 0. The number of hydrogen-bond donors (Lipinski definition) is 3. The summed E-state index contributed by atoms with van der Waals surface area (Å²) in [7, 11) is 0. The highest BCUT2D eigenvalue weighted by molar-refractivity contribution is 6.09. The highest BCUT2D eigenvalue weighted by atomic mass is 16.3. The number of aliphatic hydroxyl groups is 3. The Labute approximate surface area is 86.1 Å². The van der Waals surface area contributed by atoms with Crippen LogP contribution in [0.25, 0.3) is 0 Å². The van der Waals surface area contributed by atoms with Gasteiger partial charge < -0.3 is 15.3 Å². The Bertz CT molecular complexity index is 283. The number of imide groups is 1. The van der Waals surface area contributed by atoms with Gasteiger partial charge in [-0.25, -0.2) is 0 Å². The van der Waals surface area contributed by atoms with Crippen molar-refractivity contribution in [2.24, 2.45) is 11.8 Å². The molecule has 3 N–H and O–H groups in total. The Kier molecular flexibility index (Phi) is 2.29. The fourth-order valence-electron chi connectivity index (χ4n) is 2.01. The zero-order chi connectivity index (χ0) is 11.2. The Hall–Kier alpha value is -0.980. The highest BCUT2D eigenvalue weighted by Crippen LogP contribution is 2.48. The van der Waals surface area contributed by atoms with Crippen molar-refractivity contribution in [1.29, 1.82) is 0 Å². The lowest BCUT2D eigenvalue weighted by Gasteiger charge is -2.36. The van der Waals surface area contributed by atoms with Crippen LogP contribution in [0.5, 0.6) is 0 Å². The van der Waals surface area contributed by atoms with E-state index in [1.807, 2.05) is 0 Å². The van der Waals surface area contributed by atoms with Crippen molar-refractivity contribution in [2.45, 2.75) is 12.0 Å². The van der Waals surface area contributed by atoms with Gasteiger partial charge in [-0.2, -0.15) is 0 Å². The zero-order valence-electron chi connectivity index (χ0n) is 8.09. The molecule has 0 aromatic carbocycles. The van der Waals surface area contributed by atoms with Gasteiger partial charge in [0.1, 0.15) is 5.54 Å². The van der Waals surface area contributed by atoms with E-state index in [1.165, 1.54) is 0 Å². The van der Waals surface area contributed by atoms with Crippen molar-refractivity contribution < 1.29 is 24.9 Å². The van der Waals surface area contributed by atoms with Crippen molar-refractivity contribution in [3.05, 3.63) is 0 Å². The first-order valence-corrected chi connectivity index (χ1v) is 4.82. The van der Waals surface area contributed by atoms with Gasteiger partial charge in [0.2, 0.25) is 11.8 Å². The van der Waals surface area contributed by atoms with Crippen LogP contribution >= 0.6 is 0 Å². The molecule has 1 aliphatic heterocycles. The summed E-state index contributed by atoms with van der Waals surface area (Å²) in [6.07, 6.45) is 0.562. The Morgan fingerprint density at radius 2 is 1.47 bits per heavy atom. The van der Waals surface area contributed by atoms with E-state index in [1.54, 1.807) is 0 Å². The third-order valence-corrected chi connectivity index (χ3v) is 3.22. The smallest absolute Gasteiger partial charge is 0.233 e. The molecule has 2 aliphatic rings. The minimum Gasteiger partial charge on any atom is -0.394 e. The van der Waals surface area contributed by atoms with Crippen LogP contribution in [-0.2, 0) is 9.59 Å². The maximum Gasteiger partial charge on any atom is 0.233 e. The molecule has 2 fully saturated rings. The summed E-state index contributed by atoms with van der Waals surface area (Å²) in [6.45, 7) is -1.88.